The molecule has 0 fully saturated rings. The first kappa shape index (κ1) is 9.73. The molecule has 0 spiro atoms. The van der Waals surface area contributed by atoms with Crippen LogP contribution in [-0.2, 0) is 0 Å². The Labute approximate surface area is 87.0 Å². The molecule has 0 bridgehead atoms. The van der Waals surface area contributed by atoms with Gasteiger partial charge in [-0.1, -0.05) is 11.6 Å². The lowest BCUT2D eigenvalue weighted by atomic mass is 10.2. The van der Waals surface area contributed by atoms with Crippen molar-refractivity contribution < 1.29 is 9.18 Å². The van der Waals surface area contributed by atoms with E-state index in [1.54, 1.807) is 0 Å². The zero-order valence-corrected chi connectivity index (χ0v) is 8.69. The van der Waals surface area contributed by atoms with Gasteiger partial charge in [0, 0.05) is 3.57 Å². The number of benzene rings is 1. The van der Waals surface area contributed by atoms with E-state index in [9.17, 15) is 9.18 Å². The summed E-state index contributed by atoms with van der Waals surface area (Å²) in [6, 6.07) is 2.20. The molecule has 2 nitrogen and oxygen atoms in total. The van der Waals surface area contributed by atoms with E-state index in [1.807, 2.05) is 22.6 Å². The minimum atomic E-state index is -0.680. The Morgan fingerprint density at radius 1 is 1.58 bits per heavy atom. The van der Waals surface area contributed by atoms with Gasteiger partial charge in [-0.05, 0) is 34.7 Å². The van der Waals surface area contributed by atoms with Gasteiger partial charge < -0.3 is 5.73 Å². The van der Waals surface area contributed by atoms with Gasteiger partial charge in [-0.2, -0.15) is 0 Å². The number of halogens is 3. The number of amides is 1. The second-order valence-corrected chi connectivity index (χ2v) is 3.60. The van der Waals surface area contributed by atoms with E-state index in [4.69, 9.17) is 17.3 Å². The Bertz CT molecular complexity index is 342. The predicted molar refractivity (Wildman–Crippen MR) is 52.6 cm³/mol. The molecule has 2 N–H and O–H groups in total. The highest BCUT2D eigenvalue weighted by Crippen LogP contribution is 2.23. The monoisotopic (exact) mass is 299 g/mol. The van der Waals surface area contributed by atoms with E-state index >= 15 is 0 Å². The first-order chi connectivity index (χ1) is 5.52. The lowest BCUT2D eigenvalue weighted by Crippen LogP contribution is -2.13. The van der Waals surface area contributed by atoms with Crippen molar-refractivity contribution >= 4 is 40.1 Å². The topological polar surface area (TPSA) is 43.1 Å². The molecule has 0 atom stereocenters. The van der Waals surface area contributed by atoms with Crippen LogP contribution in [0.1, 0.15) is 10.4 Å². The number of rotatable bonds is 1. The average molecular weight is 299 g/mol. The zero-order valence-electron chi connectivity index (χ0n) is 5.77. The van der Waals surface area contributed by atoms with Crippen LogP contribution in [0.3, 0.4) is 0 Å². The van der Waals surface area contributed by atoms with Crippen LogP contribution in [0.5, 0.6) is 0 Å². The van der Waals surface area contributed by atoms with E-state index in [0.29, 0.717) is 3.57 Å². The summed E-state index contributed by atoms with van der Waals surface area (Å²) in [5.74, 6) is -1.24. The van der Waals surface area contributed by atoms with E-state index in [0.717, 1.165) is 12.1 Å². The molecule has 0 aliphatic heterocycles. The van der Waals surface area contributed by atoms with E-state index in [1.165, 1.54) is 0 Å². The van der Waals surface area contributed by atoms with Crippen molar-refractivity contribution in [1.82, 2.24) is 0 Å². The van der Waals surface area contributed by atoms with Crippen LogP contribution >= 0.6 is 34.2 Å². The normalized spacial score (nSPS) is 9.92. The fraction of sp³-hybridized carbons (Fsp3) is 0. The van der Waals surface area contributed by atoms with Crippen molar-refractivity contribution in [2.75, 3.05) is 0 Å². The molecule has 0 aliphatic carbocycles. The zero-order chi connectivity index (χ0) is 9.30. The van der Waals surface area contributed by atoms with Crippen LogP contribution in [0.15, 0.2) is 12.1 Å². The van der Waals surface area contributed by atoms with E-state index in [-0.39, 0.29) is 10.6 Å². The van der Waals surface area contributed by atoms with Gasteiger partial charge in [0.05, 0.1) is 10.6 Å². The Balaban J connectivity index is 3.37. The SMILES string of the molecule is NC(=O)c1cc(F)cc(Cl)c1I. The van der Waals surface area contributed by atoms with Crippen LogP contribution in [-0.4, -0.2) is 5.91 Å². The van der Waals surface area contributed by atoms with Crippen LogP contribution in [0.25, 0.3) is 0 Å². The minimum Gasteiger partial charge on any atom is -0.366 e. The maximum atomic E-state index is 12.7. The van der Waals surface area contributed by atoms with Crippen molar-refractivity contribution in [1.29, 1.82) is 0 Å². The standard InChI is InChI=1S/C7H4ClFINO/c8-5-2-3(9)1-4(6(5)10)7(11)12/h1-2H,(H2,11,12). The number of carbonyl (C=O) groups is 1. The largest absolute Gasteiger partial charge is 0.366 e. The molecule has 1 rings (SSSR count). The van der Waals surface area contributed by atoms with Crippen molar-refractivity contribution in [3.63, 3.8) is 0 Å². The molecule has 1 aromatic rings. The third-order valence-corrected chi connectivity index (χ3v) is 3.04. The van der Waals surface area contributed by atoms with E-state index in [2.05, 4.69) is 0 Å². The van der Waals surface area contributed by atoms with E-state index < -0.39 is 11.7 Å². The Kier molecular flexibility index (Phi) is 2.89. The fourth-order valence-electron chi connectivity index (χ4n) is 0.735. The highest BCUT2D eigenvalue weighted by atomic mass is 127. The highest BCUT2D eigenvalue weighted by molar-refractivity contribution is 14.1. The second kappa shape index (κ2) is 3.57. The van der Waals surface area contributed by atoms with Crippen LogP contribution in [0.4, 0.5) is 4.39 Å². The van der Waals surface area contributed by atoms with Gasteiger partial charge in [-0.15, -0.1) is 0 Å². The maximum absolute atomic E-state index is 12.7. The molecule has 12 heavy (non-hydrogen) atoms. The molecule has 64 valence electrons. The quantitative estimate of drug-likeness (QED) is 0.627. The first-order valence-corrected chi connectivity index (χ1v) is 4.42. The summed E-state index contributed by atoms with van der Waals surface area (Å²) in [4.78, 5) is 10.7. The molecular weight excluding hydrogens is 295 g/mol. The highest BCUT2D eigenvalue weighted by Gasteiger charge is 2.10. The van der Waals surface area contributed by atoms with Crippen molar-refractivity contribution in [3.8, 4) is 0 Å². The third-order valence-electron chi connectivity index (χ3n) is 1.26. The molecule has 0 saturated carbocycles. The number of nitrogens with two attached hydrogens (primary N) is 1. The lowest BCUT2D eigenvalue weighted by molar-refractivity contribution is 0.0999. The number of hydrogen-bond acceptors (Lipinski definition) is 1. The average Bonchev–Trinajstić information content (AvgIpc) is 1.96. The van der Waals surface area contributed by atoms with Gasteiger partial charge in [0.25, 0.3) is 0 Å². The molecule has 0 heterocycles. The molecule has 0 saturated heterocycles. The Morgan fingerprint density at radius 2 is 2.17 bits per heavy atom. The van der Waals surface area contributed by atoms with Gasteiger partial charge in [0.15, 0.2) is 0 Å². The Hall–Kier alpha value is -0.360. The summed E-state index contributed by atoms with van der Waals surface area (Å²) in [5.41, 5.74) is 5.09. The first-order valence-electron chi connectivity index (χ1n) is 2.96. The molecular formula is C7H4ClFINO. The molecule has 1 amide bonds. The summed E-state index contributed by atoms with van der Waals surface area (Å²) in [5, 5.41) is 0.199. The van der Waals surface area contributed by atoms with Crippen LogP contribution in [0, 0.1) is 9.39 Å². The van der Waals surface area contributed by atoms with Crippen molar-refractivity contribution in [3.05, 3.63) is 32.1 Å². The van der Waals surface area contributed by atoms with Gasteiger partial charge in [-0.25, -0.2) is 4.39 Å². The lowest BCUT2D eigenvalue weighted by Gasteiger charge is -2.01. The van der Waals surface area contributed by atoms with Gasteiger partial charge >= 0.3 is 0 Å². The number of carbonyl (C=O) groups excluding carboxylic acids is 1. The summed E-state index contributed by atoms with van der Waals surface area (Å²) >= 11 is 7.45. The smallest absolute Gasteiger partial charge is 0.249 e. The second-order valence-electron chi connectivity index (χ2n) is 2.11. The van der Waals surface area contributed by atoms with Gasteiger partial charge in [0.1, 0.15) is 5.82 Å². The summed E-state index contributed by atoms with van der Waals surface area (Å²) in [6.45, 7) is 0. The maximum Gasteiger partial charge on any atom is 0.249 e. The van der Waals surface area contributed by atoms with Crippen molar-refractivity contribution in [2.24, 2.45) is 5.73 Å². The van der Waals surface area contributed by atoms with Crippen LogP contribution < -0.4 is 5.73 Å². The minimum absolute atomic E-state index is 0.112. The molecule has 0 unspecified atom stereocenters. The summed E-state index contributed by atoms with van der Waals surface area (Å²) in [7, 11) is 0. The molecule has 1 aromatic carbocycles. The molecule has 5 heteroatoms. The van der Waals surface area contributed by atoms with Crippen molar-refractivity contribution in [2.45, 2.75) is 0 Å². The van der Waals surface area contributed by atoms with Gasteiger partial charge in [0.2, 0.25) is 5.91 Å². The summed E-state index contributed by atoms with van der Waals surface area (Å²) in [6.07, 6.45) is 0. The molecule has 0 aromatic heterocycles. The number of primary amides is 1. The third kappa shape index (κ3) is 1.87. The summed E-state index contributed by atoms with van der Waals surface area (Å²) < 4.78 is 13.1. The fourth-order valence-corrected chi connectivity index (χ4v) is 1.52. The Morgan fingerprint density at radius 3 is 2.67 bits per heavy atom. The van der Waals surface area contributed by atoms with Crippen LogP contribution in [0.2, 0.25) is 5.02 Å². The molecule has 0 radical (unpaired) electrons. The number of hydrogen-bond donors (Lipinski definition) is 1. The predicted octanol–water partition coefficient (Wildman–Crippen LogP) is 2.18. The molecule has 0 aliphatic rings. The van der Waals surface area contributed by atoms with Gasteiger partial charge in [-0.3, -0.25) is 4.79 Å².